The van der Waals surface area contributed by atoms with E-state index in [0.29, 0.717) is 10.8 Å². The van der Waals surface area contributed by atoms with E-state index in [0.717, 1.165) is 48.3 Å². The molecule has 1 saturated heterocycles. The molecule has 4 nitrogen and oxygen atoms in total. The molecule has 5 heteroatoms. The first-order valence-electron chi connectivity index (χ1n) is 15.5. The number of hydrogen-bond donors (Lipinski definition) is 3. The summed E-state index contributed by atoms with van der Waals surface area (Å²) in [5, 5.41) is 3.22. The van der Waals surface area contributed by atoms with Crippen LogP contribution < -0.4 is 10.8 Å². The van der Waals surface area contributed by atoms with E-state index >= 15 is 0 Å². The van der Waals surface area contributed by atoms with Gasteiger partial charge in [-0.05, 0) is 124 Å². The Balaban J connectivity index is 0.000000543. The smallest absolute Gasteiger partial charge is 0.250 e. The van der Waals surface area contributed by atoms with Gasteiger partial charge in [-0.25, -0.2) is 0 Å². The van der Waals surface area contributed by atoms with Gasteiger partial charge in [0.15, 0.2) is 0 Å². The van der Waals surface area contributed by atoms with Crippen molar-refractivity contribution in [2.24, 2.45) is 51.8 Å². The first kappa shape index (κ1) is 29.0. The lowest BCUT2D eigenvalue weighted by Crippen LogP contribution is -2.51. The van der Waals surface area contributed by atoms with Crippen molar-refractivity contribution < 1.29 is 9.42 Å². The Bertz CT molecular complexity index is 730. The minimum atomic E-state index is -1.74. The Morgan fingerprint density at radius 2 is 1.81 bits per heavy atom. The first-order valence-corrected chi connectivity index (χ1v) is 16.7. The molecule has 0 radical (unpaired) electrons. The highest BCUT2D eigenvalue weighted by Gasteiger charge is 2.59. The van der Waals surface area contributed by atoms with Crippen molar-refractivity contribution in [3.8, 4) is 0 Å². The van der Waals surface area contributed by atoms with E-state index in [9.17, 15) is 4.89 Å². The van der Waals surface area contributed by atoms with E-state index < -0.39 is 8.53 Å². The van der Waals surface area contributed by atoms with Crippen molar-refractivity contribution in [1.29, 1.82) is 0 Å². The number of rotatable bonds is 7. The molecule has 4 aliphatic carbocycles. The first-order chi connectivity index (χ1) is 17.1. The van der Waals surface area contributed by atoms with E-state index in [1.165, 1.54) is 83.7 Å². The molecule has 0 aromatic rings. The summed E-state index contributed by atoms with van der Waals surface area (Å²) in [5.41, 5.74) is 8.08. The number of fused-ring (bicyclic) bond motifs is 5. The third-order valence-electron chi connectivity index (χ3n) is 11.5. The van der Waals surface area contributed by atoms with E-state index in [2.05, 4.69) is 46.0 Å². The molecule has 1 aliphatic heterocycles. The molecule has 4 N–H and O–H groups in total. The van der Waals surface area contributed by atoms with Crippen LogP contribution >= 0.6 is 8.53 Å². The van der Waals surface area contributed by atoms with Crippen molar-refractivity contribution in [3.63, 3.8) is 0 Å². The van der Waals surface area contributed by atoms with Crippen LogP contribution in [0.2, 0.25) is 0 Å². The van der Waals surface area contributed by atoms with Crippen LogP contribution in [0, 0.1) is 46.3 Å². The minimum Gasteiger partial charge on any atom is -0.338 e. The molecule has 5 aliphatic rings. The summed E-state index contributed by atoms with van der Waals surface area (Å²) in [7, 11) is -1.74. The van der Waals surface area contributed by atoms with Gasteiger partial charge in [-0.2, -0.15) is 0 Å². The fraction of sp³-hybridized carbons (Fsp3) is 0.935. The molecular weight excluding hydrogens is 463 g/mol. The zero-order chi connectivity index (χ0) is 25.9. The third-order valence-corrected chi connectivity index (χ3v) is 12.0. The third kappa shape index (κ3) is 6.25. The van der Waals surface area contributed by atoms with Crippen molar-refractivity contribution in [3.05, 3.63) is 11.6 Å². The molecule has 9 atom stereocenters. The SMILES string of the molecule is C1CCNC1.CC(C)CCCC(C)[C@H]1CC[C@H]2[C@@H]3CC=C4C[C@@H](OP(N)O)CC[C@]4(C)[C@H]3CC[C@]12C. The van der Waals surface area contributed by atoms with Crippen molar-refractivity contribution in [1.82, 2.24) is 5.32 Å². The fourth-order valence-corrected chi connectivity index (χ4v) is 10.0. The highest BCUT2D eigenvalue weighted by molar-refractivity contribution is 7.43. The van der Waals surface area contributed by atoms with Gasteiger partial charge in [0, 0.05) is 0 Å². The van der Waals surface area contributed by atoms with Crippen LogP contribution in [0.5, 0.6) is 0 Å². The van der Waals surface area contributed by atoms with Crippen LogP contribution in [0.4, 0.5) is 0 Å². The normalized spacial score (nSPS) is 41.4. The predicted octanol–water partition coefficient (Wildman–Crippen LogP) is 7.96. The average molecular weight is 521 g/mol. The van der Waals surface area contributed by atoms with Crippen LogP contribution in [0.25, 0.3) is 0 Å². The molecule has 4 fully saturated rings. The largest absolute Gasteiger partial charge is 0.338 e. The second-order valence-corrected chi connectivity index (χ2v) is 14.8. The van der Waals surface area contributed by atoms with Gasteiger partial charge < -0.3 is 14.7 Å². The Kier molecular flexibility index (Phi) is 10.0. The summed E-state index contributed by atoms with van der Waals surface area (Å²) in [4.78, 5) is 9.53. The van der Waals surface area contributed by atoms with E-state index in [4.69, 9.17) is 10.0 Å². The number of nitrogens with two attached hydrogens (primary N) is 1. The molecule has 5 rings (SSSR count). The lowest BCUT2D eigenvalue weighted by Gasteiger charge is -2.58. The summed E-state index contributed by atoms with van der Waals surface area (Å²) in [5.74, 6) is 5.29. The second-order valence-electron chi connectivity index (χ2n) is 14.0. The summed E-state index contributed by atoms with van der Waals surface area (Å²) in [6, 6.07) is 0. The van der Waals surface area contributed by atoms with Crippen LogP contribution in [-0.2, 0) is 4.52 Å². The molecule has 208 valence electrons. The van der Waals surface area contributed by atoms with Gasteiger partial charge >= 0.3 is 0 Å². The molecule has 0 bridgehead atoms. The monoisotopic (exact) mass is 520 g/mol. The van der Waals surface area contributed by atoms with Gasteiger partial charge in [-0.15, -0.1) is 0 Å². The van der Waals surface area contributed by atoms with Crippen LogP contribution in [0.3, 0.4) is 0 Å². The predicted molar refractivity (Wildman–Crippen MR) is 153 cm³/mol. The summed E-state index contributed by atoms with van der Waals surface area (Å²) < 4.78 is 5.65. The molecule has 36 heavy (non-hydrogen) atoms. The summed E-state index contributed by atoms with van der Waals surface area (Å²) in [6.45, 7) is 15.0. The Labute approximate surface area is 224 Å². The van der Waals surface area contributed by atoms with Gasteiger partial charge in [0.05, 0.1) is 6.10 Å². The second kappa shape index (κ2) is 12.5. The molecule has 0 aromatic carbocycles. The molecule has 2 unspecified atom stereocenters. The maximum atomic E-state index is 9.53. The van der Waals surface area contributed by atoms with E-state index in [1.807, 2.05) is 0 Å². The molecule has 0 amide bonds. The molecule has 0 aromatic heterocycles. The number of nitrogens with one attached hydrogen (secondary N) is 1. The highest BCUT2D eigenvalue weighted by atomic mass is 31.2. The van der Waals surface area contributed by atoms with Gasteiger partial charge in [-0.3, -0.25) is 5.50 Å². The van der Waals surface area contributed by atoms with Crippen LogP contribution in [0.15, 0.2) is 11.6 Å². The standard InChI is InChI=1S/C27H48NO2P.C4H9N/c1-18(2)7-6-8-19(3)23-11-12-24-22-10-9-20-17-21(30-31(28)29)13-15-26(20,4)25(22)14-16-27(23,24)5;1-2-4-5-3-1/h9,18-19,21-25,29H,6-8,10-17,28H2,1-5H3;5H,1-4H2/t19?,21-,22-,23+,24-,25-,26-,27+,31?;/m0./s1. The van der Waals surface area contributed by atoms with E-state index in [1.54, 1.807) is 5.57 Å². The quantitative estimate of drug-likeness (QED) is 0.235. The van der Waals surface area contributed by atoms with Gasteiger partial charge in [0.1, 0.15) is 0 Å². The summed E-state index contributed by atoms with van der Waals surface area (Å²) >= 11 is 0. The Morgan fingerprint density at radius 3 is 2.44 bits per heavy atom. The zero-order valence-electron chi connectivity index (χ0n) is 24.1. The highest BCUT2D eigenvalue weighted by Crippen LogP contribution is 2.67. The summed E-state index contributed by atoms with van der Waals surface area (Å²) in [6.07, 6.45) is 20.0. The van der Waals surface area contributed by atoms with Crippen molar-refractivity contribution in [2.75, 3.05) is 13.1 Å². The maximum absolute atomic E-state index is 9.53. The van der Waals surface area contributed by atoms with Gasteiger partial charge in [0.25, 0.3) is 0 Å². The molecule has 3 saturated carbocycles. The zero-order valence-corrected chi connectivity index (χ0v) is 25.0. The molecule has 0 spiro atoms. The van der Waals surface area contributed by atoms with Crippen molar-refractivity contribution >= 4 is 8.53 Å². The lowest BCUT2D eigenvalue weighted by atomic mass is 9.47. The minimum absolute atomic E-state index is 0.119. The Hall–Kier alpha value is 0.01000. The average Bonchev–Trinajstić information content (AvgIpc) is 3.50. The molecule has 1 heterocycles. The fourth-order valence-electron chi connectivity index (χ4n) is 9.52. The van der Waals surface area contributed by atoms with Crippen LogP contribution in [0.1, 0.15) is 118 Å². The lowest BCUT2D eigenvalue weighted by molar-refractivity contribution is -0.0558. The molecular formula is C31H57N2O2P. The number of allylic oxidation sites excluding steroid dienone is 1. The maximum Gasteiger partial charge on any atom is 0.250 e. The Morgan fingerprint density at radius 1 is 1.06 bits per heavy atom. The van der Waals surface area contributed by atoms with E-state index in [-0.39, 0.29) is 6.10 Å². The van der Waals surface area contributed by atoms with Gasteiger partial charge in [-0.1, -0.05) is 65.5 Å². The topological polar surface area (TPSA) is 67.5 Å². The van der Waals surface area contributed by atoms with Crippen molar-refractivity contribution in [2.45, 2.75) is 124 Å². The number of hydrogen-bond acceptors (Lipinski definition) is 4. The van der Waals surface area contributed by atoms with Gasteiger partial charge in [0.2, 0.25) is 8.53 Å². The van der Waals surface area contributed by atoms with Crippen LogP contribution in [-0.4, -0.2) is 24.1 Å².